The third-order valence-corrected chi connectivity index (χ3v) is 4.14. The van der Waals surface area contributed by atoms with Crippen molar-refractivity contribution in [3.8, 4) is 11.4 Å². The van der Waals surface area contributed by atoms with E-state index in [4.69, 9.17) is 4.74 Å². The van der Waals surface area contributed by atoms with Crippen molar-refractivity contribution >= 4 is 17.3 Å². The summed E-state index contributed by atoms with van der Waals surface area (Å²) in [6.07, 6.45) is 0.640. The highest BCUT2D eigenvalue weighted by atomic mass is 32.1. The Labute approximate surface area is 137 Å². The van der Waals surface area contributed by atoms with Gasteiger partial charge in [0, 0.05) is 16.9 Å². The Bertz CT molecular complexity index is 782. The van der Waals surface area contributed by atoms with Gasteiger partial charge < -0.3 is 4.74 Å². The van der Waals surface area contributed by atoms with Crippen LogP contribution in [0.5, 0.6) is 0 Å². The lowest BCUT2D eigenvalue weighted by atomic mass is 10.2. The third kappa shape index (κ3) is 4.01. The zero-order chi connectivity index (χ0) is 16.1. The second-order valence-electron chi connectivity index (χ2n) is 4.97. The summed E-state index contributed by atoms with van der Waals surface area (Å²) in [5, 5.41) is 12.3. The molecule has 3 rings (SSSR count). The molecular weight excluding hydrogens is 312 g/mol. The second kappa shape index (κ2) is 7.15. The van der Waals surface area contributed by atoms with Crippen molar-refractivity contribution < 1.29 is 9.53 Å². The first-order chi connectivity index (χ1) is 11.2. The smallest absolute Gasteiger partial charge is 0.348 e. The molecule has 2 heterocycles. The lowest BCUT2D eigenvalue weighted by Crippen LogP contribution is -2.09. The van der Waals surface area contributed by atoms with E-state index in [2.05, 4.69) is 15.4 Å². The van der Waals surface area contributed by atoms with Gasteiger partial charge in [0.25, 0.3) is 0 Å². The maximum absolute atomic E-state index is 11.8. The zero-order valence-corrected chi connectivity index (χ0v) is 13.5. The molecule has 0 unspecified atom stereocenters. The topological polar surface area (TPSA) is 69.9 Å². The number of aromatic nitrogens is 4. The number of aryl methyl sites for hydroxylation is 2. The SMILES string of the molecule is Cc1ccc(C(=O)OCCCn2nnc(-c3ccccc3)n2)s1. The number of benzene rings is 1. The van der Waals surface area contributed by atoms with Gasteiger partial charge in [-0.15, -0.1) is 21.5 Å². The summed E-state index contributed by atoms with van der Waals surface area (Å²) in [7, 11) is 0. The Morgan fingerprint density at radius 1 is 1.22 bits per heavy atom. The molecule has 0 saturated heterocycles. The summed E-state index contributed by atoms with van der Waals surface area (Å²) in [6.45, 7) is 2.84. The molecule has 0 fully saturated rings. The molecule has 0 atom stereocenters. The van der Waals surface area contributed by atoms with Crippen molar-refractivity contribution in [3.05, 3.63) is 52.2 Å². The molecule has 0 saturated carbocycles. The van der Waals surface area contributed by atoms with Crippen LogP contribution in [0.15, 0.2) is 42.5 Å². The molecule has 3 aromatic rings. The highest BCUT2D eigenvalue weighted by molar-refractivity contribution is 7.13. The summed E-state index contributed by atoms with van der Waals surface area (Å²) in [6, 6.07) is 13.4. The highest BCUT2D eigenvalue weighted by Gasteiger charge is 2.09. The monoisotopic (exact) mass is 328 g/mol. The van der Waals surface area contributed by atoms with E-state index in [1.54, 1.807) is 6.07 Å². The van der Waals surface area contributed by atoms with Crippen LogP contribution in [0.25, 0.3) is 11.4 Å². The fraction of sp³-hybridized carbons (Fsp3) is 0.250. The van der Waals surface area contributed by atoms with Crippen LogP contribution < -0.4 is 0 Å². The Morgan fingerprint density at radius 2 is 2.04 bits per heavy atom. The first-order valence-electron chi connectivity index (χ1n) is 7.29. The fourth-order valence-corrected chi connectivity index (χ4v) is 2.79. The average molecular weight is 328 g/mol. The number of hydrogen-bond acceptors (Lipinski definition) is 6. The van der Waals surface area contributed by atoms with E-state index in [9.17, 15) is 4.79 Å². The van der Waals surface area contributed by atoms with Crippen molar-refractivity contribution in [2.75, 3.05) is 6.61 Å². The minimum Gasteiger partial charge on any atom is -0.461 e. The number of carbonyl (C=O) groups excluding carboxylic acids is 1. The predicted molar refractivity (Wildman–Crippen MR) is 87.2 cm³/mol. The lowest BCUT2D eigenvalue weighted by Gasteiger charge is -2.02. The van der Waals surface area contributed by atoms with E-state index >= 15 is 0 Å². The van der Waals surface area contributed by atoms with Crippen LogP contribution in [0.2, 0.25) is 0 Å². The Morgan fingerprint density at radius 3 is 2.78 bits per heavy atom. The van der Waals surface area contributed by atoms with Crippen molar-refractivity contribution in [2.45, 2.75) is 19.9 Å². The van der Waals surface area contributed by atoms with Gasteiger partial charge in [-0.1, -0.05) is 30.3 Å². The molecule has 0 N–H and O–H groups in total. The van der Waals surface area contributed by atoms with Crippen molar-refractivity contribution in [2.24, 2.45) is 0 Å². The van der Waals surface area contributed by atoms with Crippen molar-refractivity contribution in [1.29, 1.82) is 0 Å². The molecule has 0 radical (unpaired) electrons. The second-order valence-corrected chi connectivity index (χ2v) is 6.26. The maximum Gasteiger partial charge on any atom is 0.348 e. The molecule has 23 heavy (non-hydrogen) atoms. The van der Waals surface area contributed by atoms with E-state index in [1.807, 2.05) is 43.3 Å². The molecule has 0 bridgehead atoms. The Balaban J connectivity index is 1.46. The molecule has 7 heteroatoms. The van der Waals surface area contributed by atoms with Crippen molar-refractivity contribution in [1.82, 2.24) is 20.2 Å². The molecule has 118 valence electrons. The molecule has 0 aliphatic carbocycles. The fourth-order valence-electron chi connectivity index (χ4n) is 2.03. The van der Waals surface area contributed by atoms with E-state index in [0.29, 0.717) is 30.3 Å². The van der Waals surface area contributed by atoms with Gasteiger partial charge in [0.05, 0.1) is 13.2 Å². The van der Waals surface area contributed by atoms with E-state index < -0.39 is 0 Å². The van der Waals surface area contributed by atoms with Crippen LogP contribution >= 0.6 is 11.3 Å². The molecule has 2 aromatic heterocycles. The third-order valence-electron chi connectivity index (χ3n) is 3.16. The van der Waals surface area contributed by atoms with Gasteiger partial charge >= 0.3 is 5.97 Å². The lowest BCUT2D eigenvalue weighted by molar-refractivity contribution is 0.0499. The quantitative estimate of drug-likeness (QED) is 0.514. The summed E-state index contributed by atoms with van der Waals surface area (Å²) in [4.78, 5) is 15.0. The van der Waals surface area contributed by atoms with Crippen LogP contribution in [-0.4, -0.2) is 32.8 Å². The molecule has 0 aliphatic heterocycles. The van der Waals surface area contributed by atoms with E-state index in [-0.39, 0.29) is 5.97 Å². The summed E-state index contributed by atoms with van der Waals surface area (Å²) < 4.78 is 5.24. The number of carbonyl (C=O) groups is 1. The minimum absolute atomic E-state index is 0.278. The summed E-state index contributed by atoms with van der Waals surface area (Å²) in [5.41, 5.74) is 0.929. The van der Waals surface area contributed by atoms with Crippen LogP contribution in [0.1, 0.15) is 21.0 Å². The normalized spacial score (nSPS) is 10.7. The molecule has 0 spiro atoms. The highest BCUT2D eigenvalue weighted by Crippen LogP contribution is 2.16. The van der Waals surface area contributed by atoms with Gasteiger partial charge in [-0.3, -0.25) is 0 Å². The largest absolute Gasteiger partial charge is 0.461 e. The number of ether oxygens (including phenoxy) is 1. The first-order valence-corrected chi connectivity index (χ1v) is 8.11. The standard InChI is InChI=1S/C16H16N4O2S/c1-12-8-9-14(23-12)16(21)22-11-5-10-20-18-15(17-19-20)13-6-3-2-4-7-13/h2-4,6-9H,5,10-11H2,1H3. The first kappa shape index (κ1) is 15.4. The summed E-state index contributed by atoms with van der Waals surface area (Å²) in [5.74, 6) is 0.316. The van der Waals surface area contributed by atoms with Crippen LogP contribution in [0.4, 0.5) is 0 Å². The molecule has 6 nitrogen and oxygen atoms in total. The van der Waals surface area contributed by atoms with Crippen molar-refractivity contribution in [3.63, 3.8) is 0 Å². The number of nitrogens with zero attached hydrogens (tertiary/aromatic N) is 4. The molecule has 0 amide bonds. The van der Waals surface area contributed by atoms with Gasteiger partial charge in [-0.05, 0) is 24.3 Å². The number of thiophene rings is 1. The Hall–Kier alpha value is -2.54. The van der Waals surface area contributed by atoms with Gasteiger partial charge in [-0.2, -0.15) is 4.80 Å². The number of tetrazole rings is 1. The molecule has 0 aliphatic rings. The van der Waals surface area contributed by atoms with Crippen LogP contribution in [-0.2, 0) is 11.3 Å². The maximum atomic E-state index is 11.8. The van der Waals surface area contributed by atoms with Crippen LogP contribution in [0.3, 0.4) is 0 Å². The van der Waals surface area contributed by atoms with E-state index in [1.165, 1.54) is 16.1 Å². The van der Waals surface area contributed by atoms with Gasteiger partial charge in [0.2, 0.25) is 5.82 Å². The number of hydrogen-bond donors (Lipinski definition) is 0. The summed E-state index contributed by atoms with van der Waals surface area (Å²) >= 11 is 1.44. The van der Waals surface area contributed by atoms with Gasteiger partial charge in [-0.25, -0.2) is 4.79 Å². The van der Waals surface area contributed by atoms with Gasteiger partial charge in [0.15, 0.2) is 0 Å². The number of rotatable bonds is 6. The predicted octanol–water partition coefficient (Wildman–Crippen LogP) is 2.96. The number of esters is 1. The van der Waals surface area contributed by atoms with E-state index in [0.717, 1.165) is 10.4 Å². The Kier molecular flexibility index (Phi) is 4.77. The zero-order valence-electron chi connectivity index (χ0n) is 12.7. The van der Waals surface area contributed by atoms with Crippen LogP contribution in [0, 0.1) is 6.92 Å². The average Bonchev–Trinajstić information content (AvgIpc) is 3.21. The minimum atomic E-state index is -0.278. The molecular formula is C16H16N4O2S. The van der Waals surface area contributed by atoms with Gasteiger partial charge in [0.1, 0.15) is 4.88 Å². The molecule has 1 aromatic carbocycles.